The van der Waals surface area contributed by atoms with Crippen molar-refractivity contribution >= 4 is 22.9 Å². The molecule has 8 nitrogen and oxygen atoms in total. The Morgan fingerprint density at radius 2 is 2.08 bits per heavy atom. The summed E-state index contributed by atoms with van der Waals surface area (Å²) >= 11 is 0. The molecule has 0 amide bonds. The highest BCUT2D eigenvalue weighted by atomic mass is 16.3. The van der Waals surface area contributed by atoms with Crippen molar-refractivity contribution in [2.75, 3.05) is 5.32 Å². The summed E-state index contributed by atoms with van der Waals surface area (Å²) in [6.45, 7) is 1.90. The quantitative estimate of drug-likeness (QED) is 0.522. The highest BCUT2D eigenvalue weighted by molar-refractivity contribution is 5.94. The average molecular weight is 333 g/mol. The van der Waals surface area contributed by atoms with Gasteiger partial charge in [-0.2, -0.15) is 5.10 Å². The Balaban J connectivity index is 1.73. The van der Waals surface area contributed by atoms with Crippen LogP contribution in [-0.2, 0) is 0 Å². The molecule has 1 aliphatic rings. The van der Waals surface area contributed by atoms with Crippen LogP contribution >= 0.6 is 0 Å². The standard InChI is InChI=1S/C17H15N7O/c1-9-6-7-13(25-9)14-10(8-19-23-14)15-21-16(18)22-17-20-11-4-2-3-5-12(11)24(15)17/h2-8,15H,1H3,(H,19,23)(H3,18,20,21,22)/t15-/m1/s1. The van der Waals surface area contributed by atoms with Gasteiger partial charge < -0.3 is 10.2 Å². The van der Waals surface area contributed by atoms with E-state index < -0.39 is 0 Å². The predicted octanol–water partition coefficient (Wildman–Crippen LogP) is 2.61. The van der Waals surface area contributed by atoms with E-state index in [1.807, 2.05) is 47.9 Å². The van der Waals surface area contributed by atoms with Crippen LogP contribution in [0.3, 0.4) is 0 Å². The Kier molecular flexibility index (Phi) is 2.75. The van der Waals surface area contributed by atoms with Crippen molar-refractivity contribution in [1.82, 2.24) is 19.7 Å². The molecule has 3 aromatic heterocycles. The third kappa shape index (κ3) is 2.04. The molecule has 1 aromatic carbocycles. The fraction of sp³-hybridized carbons (Fsp3) is 0.118. The van der Waals surface area contributed by atoms with Crippen LogP contribution in [0.4, 0.5) is 5.95 Å². The monoisotopic (exact) mass is 333 g/mol. The highest BCUT2D eigenvalue weighted by Gasteiger charge is 2.28. The molecule has 0 radical (unpaired) electrons. The minimum absolute atomic E-state index is 0.315. The summed E-state index contributed by atoms with van der Waals surface area (Å²) in [5.74, 6) is 2.51. The maximum absolute atomic E-state index is 5.99. The number of imidazole rings is 1. The number of fused-ring (bicyclic) bond motifs is 3. The zero-order valence-electron chi connectivity index (χ0n) is 13.4. The molecule has 5 rings (SSSR count). The van der Waals surface area contributed by atoms with E-state index in [2.05, 4.69) is 25.5 Å². The molecule has 8 heteroatoms. The molecule has 0 aliphatic carbocycles. The van der Waals surface area contributed by atoms with Crippen molar-refractivity contribution in [3.8, 4) is 11.5 Å². The number of hydrogen-bond donors (Lipinski definition) is 3. The molecule has 0 saturated carbocycles. The van der Waals surface area contributed by atoms with Gasteiger partial charge in [-0.1, -0.05) is 12.1 Å². The largest absolute Gasteiger partial charge is 0.460 e. The molecule has 0 unspecified atom stereocenters. The highest BCUT2D eigenvalue weighted by Crippen LogP contribution is 2.36. The Morgan fingerprint density at radius 3 is 2.92 bits per heavy atom. The van der Waals surface area contributed by atoms with Crippen LogP contribution in [0.1, 0.15) is 17.5 Å². The number of benzene rings is 1. The van der Waals surface area contributed by atoms with Crippen LogP contribution in [-0.4, -0.2) is 25.7 Å². The van der Waals surface area contributed by atoms with E-state index in [4.69, 9.17) is 10.2 Å². The summed E-state index contributed by atoms with van der Waals surface area (Å²) in [5.41, 5.74) is 9.47. The Labute approximate surface area is 142 Å². The summed E-state index contributed by atoms with van der Waals surface area (Å²) < 4.78 is 7.76. The Bertz CT molecular complexity index is 1120. The number of aromatic nitrogens is 4. The van der Waals surface area contributed by atoms with Gasteiger partial charge in [-0.15, -0.1) is 0 Å². The molecule has 124 valence electrons. The van der Waals surface area contributed by atoms with Gasteiger partial charge in [-0.25, -0.2) is 9.98 Å². The second-order valence-corrected chi connectivity index (χ2v) is 5.92. The molecular weight excluding hydrogens is 318 g/mol. The fourth-order valence-electron chi connectivity index (χ4n) is 3.18. The van der Waals surface area contributed by atoms with Crippen molar-refractivity contribution in [2.45, 2.75) is 13.1 Å². The topological polar surface area (TPSA) is 110 Å². The van der Waals surface area contributed by atoms with Crippen LogP contribution in [0.25, 0.3) is 22.5 Å². The van der Waals surface area contributed by atoms with E-state index in [1.165, 1.54) is 0 Å². The van der Waals surface area contributed by atoms with Crippen molar-refractivity contribution in [1.29, 1.82) is 0 Å². The van der Waals surface area contributed by atoms with Gasteiger partial charge >= 0.3 is 0 Å². The van der Waals surface area contributed by atoms with Crippen molar-refractivity contribution in [2.24, 2.45) is 10.7 Å². The number of guanidine groups is 1. The zero-order chi connectivity index (χ0) is 17.0. The Hall–Kier alpha value is -3.55. The molecule has 4 N–H and O–H groups in total. The van der Waals surface area contributed by atoms with Gasteiger partial charge in [-0.05, 0) is 31.2 Å². The smallest absolute Gasteiger partial charge is 0.212 e. The van der Waals surface area contributed by atoms with E-state index in [9.17, 15) is 0 Å². The van der Waals surface area contributed by atoms with E-state index in [1.54, 1.807) is 6.20 Å². The van der Waals surface area contributed by atoms with Crippen molar-refractivity contribution < 1.29 is 4.42 Å². The average Bonchev–Trinajstić information content (AvgIpc) is 3.30. The van der Waals surface area contributed by atoms with E-state index in [0.717, 1.165) is 28.1 Å². The van der Waals surface area contributed by atoms with Gasteiger partial charge in [0.15, 0.2) is 17.9 Å². The first-order valence-corrected chi connectivity index (χ1v) is 7.88. The van der Waals surface area contributed by atoms with Gasteiger partial charge in [0, 0.05) is 5.56 Å². The summed E-state index contributed by atoms with van der Waals surface area (Å²) in [7, 11) is 0. The van der Waals surface area contributed by atoms with E-state index >= 15 is 0 Å². The molecule has 4 aromatic rings. The first kappa shape index (κ1) is 13.8. The number of para-hydroxylation sites is 2. The van der Waals surface area contributed by atoms with Gasteiger partial charge in [-0.3, -0.25) is 15.0 Å². The van der Waals surface area contributed by atoms with E-state index in [-0.39, 0.29) is 6.17 Å². The molecular formula is C17H15N7O. The van der Waals surface area contributed by atoms with Crippen LogP contribution < -0.4 is 11.1 Å². The first-order valence-electron chi connectivity index (χ1n) is 7.88. The number of aliphatic imine (C=N–C) groups is 1. The van der Waals surface area contributed by atoms with E-state index in [0.29, 0.717) is 17.7 Å². The predicted molar refractivity (Wildman–Crippen MR) is 94.1 cm³/mol. The normalized spacial score (nSPS) is 16.5. The molecule has 4 heterocycles. The maximum atomic E-state index is 5.99. The molecule has 25 heavy (non-hydrogen) atoms. The minimum atomic E-state index is -0.386. The number of nitrogens with zero attached hydrogens (tertiary/aromatic N) is 4. The Morgan fingerprint density at radius 1 is 1.20 bits per heavy atom. The summed E-state index contributed by atoms with van der Waals surface area (Å²) in [4.78, 5) is 9.19. The third-order valence-corrected chi connectivity index (χ3v) is 4.28. The number of aromatic amines is 1. The lowest BCUT2D eigenvalue weighted by Gasteiger charge is -2.23. The summed E-state index contributed by atoms with van der Waals surface area (Å²) in [5, 5.41) is 10.2. The first-order chi connectivity index (χ1) is 12.2. The number of aryl methyl sites for hydroxylation is 1. The second kappa shape index (κ2) is 4.97. The number of anilines is 1. The van der Waals surface area contributed by atoms with Crippen LogP contribution in [0.5, 0.6) is 0 Å². The zero-order valence-corrected chi connectivity index (χ0v) is 13.4. The third-order valence-electron chi connectivity index (χ3n) is 4.28. The molecule has 0 fully saturated rings. The van der Waals surface area contributed by atoms with Gasteiger partial charge in [0.05, 0.1) is 17.2 Å². The van der Waals surface area contributed by atoms with Crippen molar-refractivity contribution in [3.05, 3.63) is 53.9 Å². The van der Waals surface area contributed by atoms with Crippen molar-refractivity contribution in [3.63, 3.8) is 0 Å². The lowest BCUT2D eigenvalue weighted by molar-refractivity contribution is 0.543. The minimum Gasteiger partial charge on any atom is -0.460 e. The van der Waals surface area contributed by atoms with Crippen LogP contribution in [0.15, 0.2) is 52.0 Å². The van der Waals surface area contributed by atoms with Gasteiger partial charge in [0.2, 0.25) is 5.95 Å². The lowest BCUT2D eigenvalue weighted by Crippen LogP contribution is -2.31. The number of rotatable bonds is 2. The van der Waals surface area contributed by atoms with Gasteiger partial charge in [0.1, 0.15) is 11.5 Å². The molecule has 0 saturated heterocycles. The number of hydrogen-bond acceptors (Lipinski definition) is 6. The number of H-pyrrole nitrogens is 1. The van der Waals surface area contributed by atoms with Gasteiger partial charge in [0.25, 0.3) is 0 Å². The van der Waals surface area contributed by atoms with Crippen LogP contribution in [0, 0.1) is 6.92 Å². The lowest BCUT2D eigenvalue weighted by atomic mass is 10.1. The molecule has 0 bridgehead atoms. The molecule has 0 spiro atoms. The number of nitrogens with one attached hydrogen (secondary N) is 2. The number of nitrogens with two attached hydrogens (primary N) is 1. The van der Waals surface area contributed by atoms with Crippen LogP contribution in [0.2, 0.25) is 0 Å². The number of furan rings is 1. The molecule has 1 aliphatic heterocycles. The maximum Gasteiger partial charge on any atom is 0.212 e. The second-order valence-electron chi connectivity index (χ2n) is 5.92. The SMILES string of the molecule is Cc1ccc(-c2[nH]ncc2[C@@H]2N=C(N)Nc3nc4ccccc4n32)o1. The summed E-state index contributed by atoms with van der Waals surface area (Å²) in [6.07, 6.45) is 1.36. The fourth-order valence-corrected chi connectivity index (χ4v) is 3.18. The summed E-state index contributed by atoms with van der Waals surface area (Å²) in [6, 6.07) is 11.7. The molecule has 1 atom stereocenters.